The Labute approximate surface area is 155 Å². The van der Waals surface area contributed by atoms with Crippen molar-refractivity contribution in [3.63, 3.8) is 0 Å². The van der Waals surface area contributed by atoms with E-state index in [1.807, 2.05) is 43.3 Å². The van der Waals surface area contributed by atoms with Gasteiger partial charge in [-0.25, -0.2) is 15.0 Å². The third-order valence-corrected chi connectivity index (χ3v) is 4.01. The predicted octanol–water partition coefficient (Wildman–Crippen LogP) is 3.12. The Morgan fingerprint density at radius 2 is 2.00 bits per heavy atom. The fraction of sp³-hybridized carbons (Fsp3) is 0.150. The van der Waals surface area contributed by atoms with E-state index in [1.165, 1.54) is 6.33 Å². The van der Waals surface area contributed by atoms with Gasteiger partial charge in [-0.3, -0.25) is 0 Å². The van der Waals surface area contributed by atoms with Crippen molar-refractivity contribution in [3.8, 4) is 23.1 Å². The second-order valence-corrected chi connectivity index (χ2v) is 6.05. The molecular formula is C20H16N6O. The molecule has 2 N–H and O–H groups in total. The minimum atomic E-state index is -0.148. The van der Waals surface area contributed by atoms with Gasteiger partial charge in [0.15, 0.2) is 5.82 Å². The van der Waals surface area contributed by atoms with Crippen molar-refractivity contribution in [2.45, 2.75) is 19.8 Å². The minimum absolute atomic E-state index is 0.148. The van der Waals surface area contributed by atoms with Crippen molar-refractivity contribution in [1.82, 2.24) is 25.1 Å². The van der Waals surface area contributed by atoms with Crippen LogP contribution in [0.4, 0.5) is 5.82 Å². The fourth-order valence-electron chi connectivity index (χ4n) is 2.62. The first-order valence-electron chi connectivity index (χ1n) is 8.39. The van der Waals surface area contributed by atoms with Crippen molar-refractivity contribution < 1.29 is 4.42 Å². The molecule has 7 nitrogen and oxygen atoms in total. The lowest BCUT2D eigenvalue weighted by Gasteiger charge is -2.05. The van der Waals surface area contributed by atoms with Gasteiger partial charge in [0.1, 0.15) is 11.8 Å². The number of hydrogen-bond acceptors (Lipinski definition) is 7. The van der Waals surface area contributed by atoms with Gasteiger partial charge in [0.25, 0.3) is 0 Å². The quantitative estimate of drug-likeness (QED) is 0.550. The van der Waals surface area contributed by atoms with Crippen molar-refractivity contribution in [1.29, 1.82) is 0 Å². The molecule has 0 amide bonds. The van der Waals surface area contributed by atoms with Gasteiger partial charge < -0.3 is 10.2 Å². The number of benzene rings is 1. The largest absolute Gasteiger partial charge is 0.424 e. The normalized spacial score (nSPS) is 11.8. The molecule has 1 aromatic carbocycles. The molecule has 7 heteroatoms. The molecule has 132 valence electrons. The highest BCUT2D eigenvalue weighted by atomic mass is 16.4. The molecule has 0 aliphatic heterocycles. The Morgan fingerprint density at radius 3 is 2.81 bits per heavy atom. The van der Waals surface area contributed by atoms with Crippen molar-refractivity contribution in [2.24, 2.45) is 0 Å². The summed E-state index contributed by atoms with van der Waals surface area (Å²) in [5.41, 5.74) is 9.81. The Bertz CT molecular complexity index is 1190. The molecule has 0 spiro atoms. The molecule has 1 atom stereocenters. The number of nitrogens with two attached hydrogens (primary N) is 1. The molecular weight excluding hydrogens is 340 g/mol. The highest BCUT2D eigenvalue weighted by molar-refractivity contribution is 5.85. The fourth-order valence-corrected chi connectivity index (χ4v) is 2.62. The van der Waals surface area contributed by atoms with Crippen LogP contribution < -0.4 is 5.73 Å². The highest BCUT2D eigenvalue weighted by Gasteiger charge is 2.09. The number of nitrogens with zero attached hydrogens (tertiary/aromatic N) is 5. The standard InChI is InChI=1S/C20H16N6O/c1-12(20-26-25-13(2)27-20)6-7-14-4-3-5-15(10-14)16-8-9-17-18(24-16)19(21)23-11-22-17/h3-5,8-12H,1-2H3,(H2,21,22,23)/t12-/m0/s1. The molecule has 0 radical (unpaired) electrons. The van der Waals surface area contributed by atoms with Crippen LogP contribution in [0.5, 0.6) is 0 Å². The molecule has 0 saturated heterocycles. The van der Waals surface area contributed by atoms with Gasteiger partial charge in [-0.05, 0) is 31.2 Å². The van der Waals surface area contributed by atoms with Crippen LogP contribution in [0.1, 0.15) is 30.2 Å². The molecule has 4 aromatic rings. The van der Waals surface area contributed by atoms with Gasteiger partial charge >= 0.3 is 0 Å². The maximum Gasteiger partial charge on any atom is 0.231 e. The minimum Gasteiger partial charge on any atom is -0.424 e. The van der Waals surface area contributed by atoms with Gasteiger partial charge in [0.2, 0.25) is 11.8 Å². The Balaban J connectivity index is 1.65. The number of aromatic nitrogens is 5. The van der Waals surface area contributed by atoms with Crippen LogP contribution in [0.25, 0.3) is 22.3 Å². The number of rotatable bonds is 2. The maximum absolute atomic E-state index is 5.92. The molecule has 0 aliphatic rings. The molecule has 3 aromatic heterocycles. The van der Waals surface area contributed by atoms with Crippen LogP contribution >= 0.6 is 0 Å². The zero-order valence-electron chi connectivity index (χ0n) is 14.8. The molecule has 27 heavy (non-hydrogen) atoms. The maximum atomic E-state index is 5.92. The summed E-state index contributed by atoms with van der Waals surface area (Å²) in [4.78, 5) is 12.8. The molecule has 3 heterocycles. The third-order valence-electron chi connectivity index (χ3n) is 4.01. The first-order valence-corrected chi connectivity index (χ1v) is 8.39. The highest BCUT2D eigenvalue weighted by Crippen LogP contribution is 2.23. The Kier molecular flexibility index (Phi) is 4.22. The second-order valence-electron chi connectivity index (χ2n) is 6.05. The average Bonchev–Trinajstić information content (AvgIpc) is 3.13. The van der Waals surface area contributed by atoms with E-state index >= 15 is 0 Å². The molecule has 0 fully saturated rings. The number of pyridine rings is 1. The summed E-state index contributed by atoms with van der Waals surface area (Å²) in [6, 6.07) is 11.6. The van der Waals surface area contributed by atoms with Gasteiger partial charge in [-0.1, -0.05) is 24.0 Å². The number of aryl methyl sites for hydroxylation is 1. The zero-order chi connectivity index (χ0) is 18.8. The van der Waals surface area contributed by atoms with Crippen LogP contribution in [-0.4, -0.2) is 25.1 Å². The van der Waals surface area contributed by atoms with E-state index in [1.54, 1.807) is 6.92 Å². The van der Waals surface area contributed by atoms with Gasteiger partial charge in [0, 0.05) is 18.1 Å². The predicted molar refractivity (Wildman–Crippen MR) is 102 cm³/mol. The summed E-state index contributed by atoms with van der Waals surface area (Å²) >= 11 is 0. The first kappa shape index (κ1) is 16.7. The van der Waals surface area contributed by atoms with E-state index in [0.29, 0.717) is 28.6 Å². The van der Waals surface area contributed by atoms with Crippen molar-refractivity contribution in [3.05, 3.63) is 60.1 Å². The van der Waals surface area contributed by atoms with Crippen molar-refractivity contribution >= 4 is 16.9 Å². The topological polar surface area (TPSA) is 104 Å². The van der Waals surface area contributed by atoms with E-state index in [2.05, 4.69) is 37.0 Å². The summed E-state index contributed by atoms with van der Waals surface area (Å²) in [5.74, 6) is 7.56. The Hall–Kier alpha value is -3.79. The van der Waals surface area contributed by atoms with Crippen LogP contribution in [0.2, 0.25) is 0 Å². The number of hydrogen-bond donors (Lipinski definition) is 1. The number of fused-ring (bicyclic) bond motifs is 1. The van der Waals surface area contributed by atoms with Gasteiger partial charge in [-0.15, -0.1) is 10.2 Å². The van der Waals surface area contributed by atoms with E-state index in [-0.39, 0.29) is 5.92 Å². The third kappa shape index (κ3) is 3.46. The van der Waals surface area contributed by atoms with Crippen LogP contribution in [0.15, 0.2) is 47.1 Å². The molecule has 0 aliphatic carbocycles. The number of nitrogen functional groups attached to an aromatic ring is 1. The molecule has 0 bridgehead atoms. The second kappa shape index (κ2) is 6.84. The van der Waals surface area contributed by atoms with Gasteiger partial charge in [0.05, 0.1) is 17.1 Å². The summed E-state index contributed by atoms with van der Waals surface area (Å²) in [5, 5.41) is 7.84. The van der Waals surface area contributed by atoms with Crippen LogP contribution in [0.3, 0.4) is 0 Å². The molecule has 0 unspecified atom stereocenters. The SMILES string of the molecule is Cc1nnc([C@@H](C)C#Cc2cccc(-c3ccc4ncnc(N)c4n3)c2)o1. The first-order chi connectivity index (χ1) is 13.1. The van der Waals surface area contributed by atoms with E-state index in [4.69, 9.17) is 10.2 Å². The lowest BCUT2D eigenvalue weighted by molar-refractivity contribution is 0.462. The van der Waals surface area contributed by atoms with E-state index in [9.17, 15) is 0 Å². The lowest BCUT2D eigenvalue weighted by atomic mass is 10.1. The monoisotopic (exact) mass is 356 g/mol. The summed E-state index contributed by atoms with van der Waals surface area (Å²) in [7, 11) is 0. The Morgan fingerprint density at radius 1 is 1.11 bits per heavy atom. The summed E-state index contributed by atoms with van der Waals surface area (Å²) in [6.07, 6.45) is 1.43. The molecule has 4 rings (SSSR count). The lowest BCUT2D eigenvalue weighted by Crippen LogP contribution is -1.96. The average molecular weight is 356 g/mol. The van der Waals surface area contributed by atoms with Gasteiger partial charge in [-0.2, -0.15) is 0 Å². The summed E-state index contributed by atoms with van der Waals surface area (Å²) < 4.78 is 5.42. The number of anilines is 1. The van der Waals surface area contributed by atoms with Crippen LogP contribution in [-0.2, 0) is 0 Å². The van der Waals surface area contributed by atoms with Crippen LogP contribution in [0, 0.1) is 18.8 Å². The molecule has 0 saturated carbocycles. The smallest absolute Gasteiger partial charge is 0.231 e. The summed E-state index contributed by atoms with van der Waals surface area (Å²) in [6.45, 7) is 3.69. The van der Waals surface area contributed by atoms with E-state index < -0.39 is 0 Å². The zero-order valence-corrected chi connectivity index (χ0v) is 14.8. The van der Waals surface area contributed by atoms with E-state index in [0.717, 1.165) is 16.8 Å². The van der Waals surface area contributed by atoms with Crippen molar-refractivity contribution in [2.75, 3.05) is 5.73 Å².